The summed E-state index contributed by atoms with van der Waals surface area (Å²) >= 11 is 0. The van der Waals surface area contributed by atoms with E-state index in [0.717, 1.165) is 0 Å². The van der Waals surface area contributed by atoms with Gasteiger partial charge in [-0.05, 0) is 18.6 Å². The van der Waals surface area contributed by atoms with Gasteiger partial charge in [-0.1, -0.05) is 26.0 Å². The smallest absolute Gasteiger partial charge is 0.339 e. The Hall–Kier alpha value is -2.41. The molecule has 0 aromatic heterocycles. The molecule has 1 rings (SSSR count). The first kappa shape index (κ1) is 19.6. The number of methoxy groups -OCH3 is 2. The minimum Gasteiger partial charge on any atom is -0.481 e. The van der Waals surface area contributed by atoms with Gasteiger partial charge in [-0.15, -0.1) is 0 Å². The van der Waals surface area contributed by atoms with Gasteiger partial charge in [-0.3, -0.25) is 9.59 Å². The first-order valence-electron chi connectivity index (χ1n) is 7.61. The molecule has 0 spiro atoms. The quantitative estimate of drug-likeness (QED) is 0.705. The number of esters is 1. The molecule has 1 aromatic rings. The number of carbonyl (C=O) groups is 3. The van der Waals surface area contributed by atoms with Crippen LogP contribution in [0.5, 0.6) is 0 Å². The van der Waals surface area contributed by atoms with Gasteiger partial charge in [0.25, 0.3) is 0 Å². The lowest BCUT2D eigenvalue weighted by atomic mass is 9.86. The van der Waals surface area contributed by atoms with Crippen LogP contribution in [-0.4, -0.2) is 43.3 Å². The average molecular weight is 337 g/mol. The molecule has 2 N–H and O–H groups in total. The highest BCUT2D eigenvalue weighted by Gasteiger charge is 2.36. The zero-order valence-corrected chi connectivity index (χ0v) is 14.2. The summed E-state index contributed by atoms with van der Waals surface area (Å²) in [4.78, 5) is 35.8. The van der Waals surface area contributed by atoms with E-state index in [9.17, 15) is 19.5 Å². The number of hydrogen-bond donors (Lipinski definition) is 2. The standard InChI is InChI=1S/C17H23NO6/c1-5-13(23-3)14(16(20)21)10(2)15(19)18-12-9-7-6-8-11(12)17(22)24-4/h6-10,13-14H,5H2,1-4H3,(H,18,19)(H,20,21). The Morgan fingerprint density at radius 2 is 1.83 bits per heavy atom. The van der Waals surface area contributed by atoms with Gasteiger partial charge in [0.15, 0.2) is 0 Å². The number of benzene rings is 1. The number of anilines is 1. The van der Waals surface area contributed by atoms with Crippen molar-refractivity contribution in [3.8, 4) is 0 Å². The Morgan fingerprint density at radius 3 is 2.33 bits per heavy atom. The van der Waals surface area contributed by atoms with Gasteiger partial charge in [-0.25, -0.2) is 4.79 Å². The molecule has 1 amide bonds. The van der Waals surface area contributed by atoms with Crippen molar-refractivity contribution in [3.63, 3.8) is 0 Å². The second kappa shape index (κ2) is 9.02. The van der Waals surface area contributed by atoms with Crippen molar-refractivity contribution in [1.82, 2.24) is 0 Å². The number of ether oxygens (including phenoxy) is 2. The highest BCUT2D eigenvalue weighted by atomic mass is 16.5. The largest absolute Gasteiger partial charge is 0.481 e. The number of carboxylic acid groups (broad SMARTS) is 1. The number of rotatable bonds is 8. The van der Waals surface area contributed by atoms with E-state index >= 15 is 0 Å². The fraction of sp³-hybridized carbons (Fsp3) is 0.471. The van der Waals surface area contributed by atoms with Gasteiger partial charge in [0.2, 0.25) is 5.91 Å². The van der Waals surface area contributed by atoms with Gasteiger partial charge >= 0.3 is 11.9 Å². The third-order valence-corrected chi connectivity index (χ3v) is 3.93. The lowest BCUT2D eigenvalue weighted by molar-refractivity contribution is -0.152. The van der Waals surface area contributed by atoms with Crippen molar-refractivity contribution >= 4 is 23.5 Å². The summed E-state index contributed by atoms with van der Waals surface area (Å²) in [5.74, 6) is -4.04. The average Bonchev–Trinajstić information content (AvgIpc) is 2.58. The molecule has 0 bridgehead atoms. The summed E-state index contributed by atoms with van der Waals surface area (Å²) in [6.07, 6.45) is -0.122. The van der Waals surface area contributed by atoms with E-state index in [1.54, 1.807) is 25.1 Å². The molecule has 0 aliphatic heterocycles. The maximum absolute atomic E-state index is 12.5. The van der Waals surface area contributed by atoms with Crippen molar-refractivity contribution < 1.29 is 29.0 Å². The summed E-state index contributed by atoms with van der Waals surface area (Å²) in [6.45, 7) is 3.32. The Bertz CT molecular complexity index is 596. The van der Waals surface area contributed by atoms with E-state index in [4.69, 9.17) is 4.74 Å². The van der Waals surface area contributed by atoms with Crippen LogP contribution in [0.3, 0.4) is 0 Å². The summed E-state index contributed by atoms with van der Waals surface area (Å²) in [5, 5.41) is 12.0. The van der Waals surface area contributed by atoms with Crippen molar-refractivity contribution in [1.29, 1.82) is 0 Å². The molecule has 0 aliphatic carbocycles. The van der Waals surface area contributed by atoms with E-state index in [1.165, 1.54) is 27.2 Å². The maximum atomic E-state index is 12.5. The van der Waals surface area contributed by atoms with Crippen LogP contribution in [0, 0.1) is 11.8 Å². The number of para-hydroxylation sites is 1. The SMILES string of the molecule is CCC(OC)C(C(=O)O)C(C)C(=O)Nc1ccccc1C(=O)OC. The van der Waals surface area contributed by atoms with Crippen LogP contribution in [-0.2, 0) is 19.1 Å². The minimum atomic E-state index is -1.10. The first-order valence-corrected chi connectivity index (χ1v) is 7.61. The fourth-order valence-corrected chi connectivity index (χ4v) is 2.55. The molecule has 0 saturated heterocycles. The number of aliphatic carboxylic acids is 1. The molecule has 132 valence electrons. The summed E-state index contributed by atoms with van der Waals surface area (Å²) in [5.41, 5.74) is 0.474. The number of hydrogen-bond acceptors (Lipinski definition) is 5. The first-order chi connectivity index (χ1) is 11.4. The fourth-order valence-electron chi connectivity index (χ4n) is 2.55. The predicted octanol–water partition coefficient (Wildman–Crippen LogP) is 2.17. The Balaban J connectivity index is 3.02. The highest BCUT2D eigenvalue weighted by molar-refractivity contribution is 6.02. The second-order valence-electron chi connectivity index (χ2n) is 5.36. The van der Waals surface area contributed by atoms with Gasteiger partial charge < -0.3 is 19.9 Å². The zero-order chi connectivity index (χ0) is 18.3. The summed E-state index contributed by atoms with van der Waals surface area (Å²) in [6, 6.07) is 6.37. The molecule has 3 atom stereocenters. The Kier molecular flexibility index (Phi) is 7.38. The topological polar surface area (TPSA) is 102 Å². The molecule has 7 heteroatoms. The molecular weight excluding hydrogens is 314 g/mol. The van der Waals surface area contributed by atoms with Crippen molar-refractivity contribution in [2.45, 2.75) is 26.4 Å². The molecule has 3 unspecified atom stereocenters. The molecule has 0 aliphatic rings. The van der Waals surface area contributed by atoms with Gasteiger partial charge in [0.1, 0.15) is 0 Å². The number of carbonyl (C=O) groups excluding carboxylic acids is 2. The van der Waals surface area contributed by atoms with Crippen LogP contribution >= 0.6 is 0 Å². The van der Waals surface area contributed by atoms with Gasteiger partial charge in [0, 0.05) is 7.11 Å². The van der Waals surface area contributed by atoms with Crippen LogP contribution in [0.1, 0.15) is 30.6 Å². The van der Waals surface area contributed by atoms with Crippen LogP contribution in [0.25, 0.3) is 0 Å². The van der Waals surface area contributed by atoms with E-state index in [2.05, 4.69) is 10.1 Å². The summed E-state index contributed by atoms with van der Waals surface area (Å²) in [7, 11) is 2.66. The van der Waals surface area contributed by atoms with E-state index in [-0.39, 0.29) is 11.3 Å². The van der Waals surface area contributed by atoms with E-state index < -0.39 is 35.8 Å². The lowest BCUT2D eigenvalue weighted by Crippen LogP contribution is -2.40. The molecule has 0 radical (unpaired) electrons. The zero-order valence-electron chi connectivity index (χ0n) is 14.2. The number of carboxylic acids is 1. The summed E-state index contributed by atoms with van der Waals surface area (Å²) < 4.78 is 9.86. The van der Waals surface area contributed by atoms with Crippen LogP contribution in [0.4, 0.5) is 5.69 Å². The number of nitrogens with one attached hydrogen (secondary N) is 1. The minimum absolute atomic E-state index is 0.200. The molecule has 0 fully saturated rings. The number of amides is 1. The third-order valence-electron chi connectivity index (χ3n) is 3.93. The third kappa shape index (κ3) is 4.55. The predicted molar refractivity (Wildman–Crippen MR) is 87.8 cm³/mol. The van der Waals surface area contributed by atoms with Crippen LogP contribution in [0.2, 0.25) is 0 Å². The Labute approximate surface area is 141 Å². The van der Waals surface area contributed by atoms with E-state index in [0.29, 0.717) is 6.42 Å². The lowest BCUT2D eigenvalue weighted by Gasteiger charge is -2.26. The van der Waals surface area contributed by atoms with Crippen molar-refractivity contribution in [2.24, 2.45) is 11.8 Å². The second-order valence-corrected chi connectivity index (χ2v) is 5.36. The van der Waals surface area contributed by atoms with Crippen LogP contribution in [0.15, 0.2) is 24.3 Å². The molecule has 0 heterocycles. The molecule has 0 saturated carbocycles. The van der Waals surface area contributed by atoms with Crippen molar-refractivity contribution in [3.05, 3.63) is 29.8 Å². The Morgan fingerprint density at radius 1 is 1.21 bits per heavy atom. The highest BCUT2D eigenvalue weighted by Crippen LogP contribution is 2.24. The normalized spacial score (nSPS) is 14.3. The van der Waals surface area contributed by atoms with Gasteiger partial charge in [-0.2, -0.15) is 0 Å². The molecule has 7 nitrogen and oxygen atoms in total. The van der Waals surface area contributed by atoms with Crippen LogP contribution < -0.4 is 5.32 Å². The molecule has 1 aromatic carbocycles. The monoisotopic (exact) mass is 337 g/mol. The molecular formula is C17H23NO6. The molecule has 24 heavy (non-hydrogen) atoms. The van der Waals surface area contributed by atoms with Gasteiger partial charge in [0.05, 0.1) is 36.3 Å². The van der Waals surface area contributed by atoms with E-state index in [1.807, 2.05) is 0 Å². The maximum Gasteiger partial charge on any atom is 0.339 e. The van der Waals surface area contributed by atoms with Crippen molar-refractivity contribution in [2.75, 3.05) is 19.5 Å².